The van der Waals surface area contributed by atoms with Gasteiger partial charge in [0.15, 0.2) is 0 Å². The Hall–Kier alpha value is -1.40. The van der Waals surface area contributed by atoms with Crippen LogP contribution in [0.2, 0.25) is 0 Å². The van der Waals surface area contributed by atoms with E-state index in [0.29, 0.717) is 13.2 Å². The van der Waals surface area contributed by atoms with Crippen molar-refractivity contribution in [2.45, 2.75) is 38.7 Å². The molecule has 1 atom stereocenters. The molecule has 0 bridgehead atoms. The van der Waals surface area contributed by atoms with E-state index in [0.717, 1.165) is 37.0 Å². The molecular formula is C15H26N4O2. The van der Waals surface area contributed by atoms with Crippen LogP contribution in [0.15, 0.2) is 6.07 Å². The van der Waals surface area contributed by atoms with Gasteiger partial charge in [-0.25, -0.2) is 9.97 Å². The molecule has 2 heterocycles. The van der Waals surface area contributed by atoms with Gasteiger partial charge in [0.05, 0.1) is 6.61 Å². The second-order valence-electron chi connectivity index (χ2n) is 5.72. The molecule has 0 saturated carbocycles. The maximum Gasteiger partial charge on any atom is 0.135 e. The zero-order chi connectivity index (χ0) is 15.3. The van der Waals surface area contributed by atoms with Crippen LogP contribution < -0.4 is 10.6 Å². The summed E-state index contributed by atoms with van der Waals surface area (Å²) < 4.78 is 11.1. The Balaban J connectivity index is 2.11. The van der Waals surface area contributed by atoms with E-state index < -0.39 is 0 Å². The number of ether oxygens (including phenoxy) is 2. The average molecular weight is 294 g/mol. The van der Waals surface area contributed by atoms with Gasteiger partial charge in [-0.2, -0.15) is 0 Å². The number of nitrogens with zero attached hydrogens (tertiary/aromatic N) is 2. The molecule has 0 amide bonds. The van der Waals surface area contributed by atoms with Crippen LogP contribution >= 0.6 is 0 Å². The maximum atomic E-state index is 5.63. The molecule has 1 saturated heterocycles. The highest BCUT2D eigenvalue weighted by Gasteiger charge is 2.34. The topological polar surface area (TPSA) is 68.3 Å². The van der Waals surface area contributed by atoms with Crippen molar-refractivity contribution in [2.75, 3.05) is 44.0 Å². The standard InChI is InChI=1S/C15H26N4O2/c1-5-16-12-8-13(19-14(18-12)11(2)3)17-9-15(20-4)6-7-21-10-15/h8,11H,5-7,9-10H2,1-4H3,(H2,16,17,18,19). The summed E-state index contributed by atoms with van der Waals surface area (Å²) in [6.07, 6.45) is 0.901. The smallest absolute Gasteiger partial charge is 0.135 e. The third-order valence-corrected chi connectivity index (χ3v) is 3.71. The highest BCUT2D eigenvalue weighted by molar-refractivity contribution is 5.48. The minimum absolute atomic E-state index is 0.249. The minimum atomic E-state index is -0.249. The lowest BCUT2D eigenvalue weighted by Gasteiger charge is -2.26. The maximum absolute atomic E-state index is 5.63. The second-order valence-corrected chi connectivity index (χ2v) is 5.72. The number of nitrogens with one attached hydrogen (secondary N) is 2. The highest BCUT2D eigenvalue weighted by atomic mass is 16.5. The van der Waals surface area contributed by atoms with Crippen molar-refractivity contribution in [3.8, 4) is 0 Å². The van der Waals surface area contributed by atoms with E-state index in [4.69, 9.17) is 9.47 Å². The van der Waals surface area contributed by atoms with Crippen LogP contribution in [0.5, 0.6) is 0 Å². The van der Waals surface area contributed by atoms with E-state index in [1.165, 1.54) is 0 Å². The van der Waals surface area contributed by atoms with Crippen LogP contribution in [0.1, 0.15) is 38.9 Å². The van der Waals surface area contributed by atoms with Gasteiger partial charge in [0.25, 0.3) is 0 Å². The zero-order valence-electron chi connectivity index (χ0n) is 13.4. The Bertz CT molecular complexity index is 459. The lowest BCUT2D eigenvalue weighted by Crippen LogP contribution is -2.39. The van der Waals surface area contributed by atoms with Crippen LogP contribution in [0.4, 0.5) is 11.6 Å². The second kappa shape index (κ2) is 7.04. The predicted molar refractivity (Wildman–Crippen MR) is 84.0 cm³/mol. The van der Waals surface area contributed by atoms with E-state index >= 15 is 0 Å². The lowest BCUT2D eigenvalue weighted by molar-refractivity contribution is -0.00625. The molecule has 21 heavy (non-hydrogen) atoms. The third kappa shape index (κ3) is 4.04. The van der Waals surface area contributed by atoms with Crippen molar-refractivity contribution in [1.29, 1.82) is 0 Å². The number of hydrogen-bond donors (Lipinski definition) is 2. The van der Waals surface area contributed by atoms with Crippen molar-refractivity contribution >= 4 is 11.6 Å². The molecule has 1 fully saturated rings. The summed E-state index contributed by atoms with van der Waals surface area (Å²) in [5.74, 6) is 2.81. The SMILES string of the molecule is CCNc1cc(NCC2(OC)CCOC2)nc(C(C)C)n1. The zero-order valence-corrected chi connectivity index (χ0v) is 13.4. The number of hydrogen-bond acceptors (Lipinski definition) is 6. The van der Waals surface area contributed by atoms with Crippen LogP contribution in [0.25, 0.3) is 0 Å². The Labute approximate surface area is 126 Å². The normalized spacial score (nSPS) is 21.8. The van der Waals surface area contributed by atoms with Crippen molar-refractivity contribution in [3.63, 3.8) is 0 Å². The van der Waals surface area contributed by atoms with Gasteiger partial charge in [-0.15, -0.1) is 0 Å². The average Bonchev–Trinajstić information content (AvgIpc) is 2.95. The summed E-state index contributed by atoms with van der Waals surface area (Å²) in [7, 11) is 1.74. The summed E-state index contributed by atoms with van der Waals surface area (Å²) in [5, 5.41) is 6.62. The van der Waals surface area contributed by atoms with Crippen molar-refractivity contribution in [2.24, 2.45) is 0 Å². The van der Waals surface area contributed by atoms with Crippen LogP contribution in [0, 0.1) is 0 Å². The van der Waals surface area contributed by atoms with Crippen LogP contribution in [0.3, 0.4) is 0 Å². The van der Waals surface area contributed by atoms with Gasteiger partial charge in [0, 0.05) is 45.2 Å². The molecule has 6 nitrogen and oxygen atoms in total. The Kier molecular flexibility index (Phi) is 5.36. The Morgan fingerprint density at radius 1 is 1.33 bits per heavy atom. The summed E-state index contributed by atoms with van der Waals surface area (Å²) in [4.78, 5) is 9.10. The van der Waals surface area contributed by atoms with E-state index in [-0.39, 0.29) is 11.5 Å². The fourth-order valence-corrected chi connectivity index (χ4v) is 2.30. The predicted octanol–water partition coefficient (Wildman–Crippen LogP) is 2.25. The van der Waals surface area contributed by atoms with Crippen molar-refractivity contribution in [1.82, 2.24) is 9.97 Å². The molecule has 0 radical (unpaired) electrons. The molecule has 1 unspecified atom stereocenters. The number of rotatable bonds is 7. The highest BCUT2D eigenvalue weighted by Crippen LogP contribution is 2.24. The largest absolute Gasteiger partial charge is 0.378 e. The number of anilines is 2. The van der Waals surface area contributed by atoms with Gasteiger partial charge in [0.1, 0.15) is 23.1 Å². The molecule has 1 aromatic rings. The van der Waals surface area contributed by atoms with E-state index in [1.807, 2.05) is 6.07 Å². The minimum Gasteiger partial charge on any atom is -0.378 e. The Morgan fingerprint density at radius 3 is 2.57 bits per heavy atom. The fraction of sp³-hybridized carbons (Fsp3) is 0.733. The van der Waals surface area contributed by atoms with Gasteiger partial charge < -0.3 is 20.1 Å². The van der Waals surface area contributed by atoms with Gasteiger partial charge in [0.2, 0.25) is 0 Å². The molecule has 1 aliphatic heterocycles. The van der Waals surface area contributed by atoms with Gasteiger partial charge >= 0.3 is 0 Å². The lowest BCUT2D eigenvalue weighted by atomic mass is 10.0. The molecule has 6 heteroatoms. The first-order valence-corrected chi connectivity index (χ1v) is 7.58. The first-order valence-electron chi connectivity index (χ1n) is 7.58. The molecule has 2 N–H and O–H groups in total. The van der Waals surface area contributed by atoms with Gasteiger partial charge in [-0.05, 0) is 6.92 Å². The molecule has 2 rings (SSSR count). The number of aromatic nitrogens is 2. The van der Waals surface area contributed by atoms with Crippen molar-refractivity contribution in [3.05, 3.63) is 11.9 Å². The molecule has 1 aromatic heterocycles. The monoisotopic (exact) mass is 294 g/mol. The van der Waals surface area contributed by atoms with E-state index in [1.54, 1.807) is 7.11 Å². The summed E-state index contributed by atoms with van der Waals surface area (Å²) in [5.41, 5.74) is -0.249. The molecule has 0 spiro atoms. The van der Waals surface area contributed by atoms with Crippen LogP contribution in [-0.4, -0.2) is 49.0 Å². The fourth-order valence-electron chi connectivity index (χ4n) is 2.30. The molecule has 118 valence electrons. The van der Waals surface area contributed by atoms with Gasteiger partial charge in [-0.1, -0.05) is 13.8 Å². The number of methoxy groups -OCH3 is 1. The molecule has 0 aromatic carbocycles. The summed E-state index contributed by atoms with van der Waals surface area (Å²) in [6, 6.07) is 1.94. The molecule has 1 aliphatic rings. The quantitative estimate of drug-likeness (QED) is 0.804. The first kappa shape index (κ1) is 16.0. The van der Waals surface area contributed by atoms with E-state index in [9.17, 15) is 0 Å². The van der Waals surface area contributed by atoms with Gasteiger partial charge in [-0.3, -0.25) is 0 Å². The first-order chi connectivity index (χ1) is 10.1. The Morgan fingerprint density at radius 2 is 2.05 bits per heavy atom. The molecule has 0 aliphatic carbocycles. The summed E-state index contributed by atoms with van der Waals surface area (Å²) >= 11 is 0. The van der Waals surface area contributed by atoms with Crippen LogP contribution in [-0.2, 0) is 9.47 Å². The van der Waals surface area contributed by atoms with Crippen molar-refractivity contribution < 1.29 is 9.47 Å². The van der Waals surface area contributed by atoms with E-state index in [2.05, 4.69) is 41.4 Å². The summed E-state index contributed by atoms with van der Waals surface area (Å²) in [6.45, 7) is 9.14. The molecular weight excluding hydrogens is 268 g/mol. The third-order valence-electron chi connectivity index (χ3n) is 3.71.